The molecule has 1 aliphatic heterocycles. The summed E-state index contributed by atoms with van der Waals surface area (Å²) in [5, 5.41) is 13.1. The van der Waals surface area contributed by atoms with E-state index in [2.05, 4.69) is 5.32 Å². The predicted molar refractivity (Wildman–Crippen MR) is 121 cm³/mol. The Labute approximate surface area is 198 Å². The van der Waals surface area contributed by atoms with E-state index >= 15 is 0 Å². The predicted octanol–water partition coefficient (Wildman–Crippen LogP) is 3.44. The number of barbiturate groups is 1. The minimum Gasteiger partial charge on any atom is -0.493 e. The largest absolute Gasteiger partial charge is 0.493 e. The Morgan fingerprint density at radius 2 is 1.91 bits per heavy atom. The Morgan fingerprint density at radius 1 is 1.09 bits per heavy atom. The molecule has 0 spiro atoms. The summed E-state index contributed by atoms with van der Waals surface area (Å²) in [5.41, 5.74) is 0.770. The van der Waals surface area contributed by atoms with Crippen LogP contribution in [-0.2, 0) is 22.7 Å². The SMILES string of the molecule is COc1cc(C=C2C(=O)NC(=O)N(Cc3ccco3)C2=O)ccc1OCc1cccc([N+](=O)[O-])c1. The van der Waals surface area contributed by atoms with E-state index in [1.807, 2.05) is 0 Å². The highest BCUT2D eigenvalue weighted by Gasteiger charge is 2.36. The zero-order valence-corrected chi connectivity index (χ0v) is 18.4. The summed E-state index contributed by atoms with van der Waals surface area (Å²) in [7, 11) is 1.43. The Balaban J connectivity index is 1.53. The fraction of sp³-hybridized carbons (Fsp3) is 0.125. The lowest BCUT2D eigenvalue weighted by molar-refractivity contribution is -0.384. The van der Waals surface area contributed by atoms with E-state index in [9.17, 15) is 24.5 Å². The average Bonchev–Trinajstić information content (AvgIpc) is 3.37. The number of nitro benzene ring substituents is 1. The van der Waals surface area contributed by atoms with E-state index in [-0.39, 0.29) is 24.4 Å². The Morgan fingerprint density at radius 3 is 2.63 bits per heavy atom. The number of hydrogen-bond donors (Lipinski definition) is 1. The number of hydrogen-bond acceptors (Lipinski definition) is 8. The number of imide groups is 2. The maximum Gasteiger partial charge on any atom is 0.331 e. The first-order valence-corrected chi connectivity index (χ1v) is 10.3. The molecule has 11 heteroatoms. The van der Waals surface area contributed by atoms with Crippen LogP contribution in [0.2, 0.25) is 0 Å². The molecule has 1 N–H and O–H groups in total. The summed E-state index contributed by atoms with van der Waals surface area (Å²) < 4.78 is 16.3. The highest BCUT2D eigenvalue weighted by molar-refractivity contribution is 6.30. The lowest BCUT2D eigenvalue weighted by Crippen LogP contribution is -2.53. The van der Waals surface area contributed by atoms with Crippen molar-refractivity contribution in [2.24, 2.45) is 0 Å². The number of ether oxygens (including phenoxy) is 2. The van der Waals surface area contributed by atoms with Gasteiger partial charge in [0.15, 0.2) is 11.5 Å². The van der Waals surface area contributed by atoms with Crippen molar-refractivity contribution in [3.8, 4) is 11.5 Å². The molecule has 0 aliphatic carbocycles. The third kappa shape index (κ3) is 5.19. The van der Waals surface area contributed by atoms with Crippen LogP contribution in [0, 0.1) is 10.1 Å². The van der Waals surface area contributed by atoms with Crippen molar-refractivity contribution in [2.75, 3.05) is 7.11 Å². The van der Waals surface area contributed by atoms with Gasteiger partial charge in [0.05, 0.1) is 24.8 Å². The maximum atomic E-state index is 12.9. The Bertz CT molecular complexity index is 1330. The quantitative estimate of drug-likeness (QED) is 0.225. The van der Waals surface area contributed by atoms with Crippen LogP contribution >= 0.6 is 0 Å². The number of non-ortho nitro benzene ring substituents is 1. The summed E-state index contributed by atoms with van der Waals surface area (Å²) in [6.07, 6.45) is 2.75. The van der Waals surface area contributed by atoms with E-state index in [4.69, 9.17) is 13.9 Å². The van der Waals surface area contributed by atoms with Crippen LogP contribution in [0.4, 0.5) is 10.5 Å². The van der Waals surface area contributed by atoms with Gasteiger partial charge in [0, 0.05) is 12.1 Å². The standard InChI is InChI=1S/C24H19N3O8/c1-33-21-12-15(7-8-20(21)35-14-16-4-2-5-17(10-16)27(31)32)11-19-22(28)25-24(30)26(23(19)29)13-18-6-3-9-34-18/h2-12H,13-14H2,1H3,(H,25,28,30). The van der Waals surface area contributed by atoms with Gasteiger partial charge in [-0.2, -0.15) is 0 Å². The van der Waals surface area contributed by atoms with Crippen molar-refractivity contribution in [2.45, 2.75) is 13.2 Å². The van der Waals surface area contributed by atoms with E-state index < -0.39 is 22.8 Å². The molecule has 1 aliphatic rings. The summed E-state index contributed by atoms with van der Waals surface area (Å²) in [6, 6.07) is 13.2. The number of furan rings is 1. The van der Waals surface area contributed by atoms with E-state index in [1.165, 1.54) is 31.6 Å². The van der Waals surface area contributed by atoms with Crippen LogP contribution in [0.15, 0.2) is 70.9 Å². The van der Waals surface area contributed by atoms with Crippen molar-refractivity contribution >= 4 is 29.6 Å². The molecule has 0 radical (unpaired) electrons. The van der Waals surface area contributed by atoms with Gasteiger partial charge in [-0.05, 0) is 41.5 Å². The Hall–Kier alpha value is -4.93. The second-order valence-corrected chi connectivity index (χ2v) is 7.41. The van der Waals surface area contributed by atoms with Gasteiger partial charge >= 0.3 is 6.03 Å². The van der Waals surface area contributed by atoms with Crippen molar-refractivity contribution in [3.63, 3.8) is 0 Å². The fourth-order valence-corrected chi connectivity index (χ4v) is 3.38. The number of benzene rings is 2. The van der Waals surface area contributed by atoms with Crippen LogP contribution in [0.25, 0.3) is 6.08 Å². The highest BCUT2D eigenvalue weighted by atomic mass is 16.6. The Kier molecular flexibility index (Phi) is 6.58. The molecule has 1 fully saturated rings. The third-order valence-corrected chi connectivity index (χ3v) is 5.09. The molecule has 4 rings (SSSR count). The number of carbonyl (C=O) groups is 3. The van der Waals surface area contributed by atoms with Crippen molar-refractivity contribution in [1.82, 2.24) is 10.2 Å². The lowest BCUT2D eigenvalue weighted by Gasteiger charge is -2.25. The highest BCUT2D eigenvalue weighted by Crippen LogP contribution is 2.30. The molecule has 2 heterocycles. The average molecular weight is 477 g/mol. The molecule has 178 valence electrons. The lowest BCUT2D eigenvalue weighted by atomic mass is 10.1. The van der Waals surface area contributed by atoms with E-state index in [1.54, 1.807) is 42.5 Å². The van der Waals surface area contributed by atoms with Crippen LogP contribution < -0.4 is 14.8 Å². The van der Waals surface area contributed by atoms with Crippen LogP contribution in [0.5, 0.6) is 11.5 Å². The van der Waals surface area contributed by atoms with Gasteiger partial charge in [-0.3, -0.25) is 29.9 Å². The summed E-state index contributed by atoms with van der Waals surface area (Å²) >= 11 is 0. The second kappa shape index (κ2) is 9.91. The van der Waals surface area contributed by atoms with Gasteiger partial charge in [-0.15, -0.1) is 0 Å². The number of rotatable bonds is 8. The van der Waals surface area contributed by atoms with Crippen LogP contribution in [0.3, 0.4) is 0 Å². The number of nitrogens with one attached hydrogen (secondary N) is 1. The normalized spacial score (nSPS) is 14.7. The number of amides is 4. The van der Waals surface area contributed by atoms with Crippen molar-refractivity contribution in [3.05, 3.63) is 93.4 Å². The minimum atomic E-state index is -0.837. The number of nitro groups is 1. The number of nitrogens with zero attached hydrogens (tertiary/aromatic N) is 2. The maximum absolute atomic E-state index is 12.9. The second-order valence-electron chi connectivity index (χ2n) is 7.41. The first-order chi connectivity index (χ1) is 16.9. The first kappa shape index (κ1) is 23.2. The number of carbonyl (C=O) groups excluding carboxylic acids is 3. The zero-order valence-electron chi connectivity index (χ0n) is 18.4. The number of urea groups is 1. The van der Waals surface area contributed by atoms with Gasteiger partial charge in [-0.25, -0.2) is 4.79 Å². The molecule has 11 nitrogen and oxygen atoms in total. The van der Waals surface area contributed by atoms with E-state index in [0.29, 0.717) is 28.4 Å². The molecule has 35 heavy (non-hydrogen) atoms. The smallest absolute Gasteiger partial charge is 0.331 e. The van der Waals surface area contributed by atoms with Crippen molar-refractivity contribution < 1.29 is 33.2 Å². The summed E-state index contributed by atoms with van der Waals surface area (Å²) in [4.78, 5) is 48.7. The summed E-state index contributed by atoms with van der Waals surface area (Å²) in [5.74, 6) is -0.526. The van der Waals surface area contributed by atoms with Gasteiger partial charge in [0.2, 0.25) is 0 Å². The van der Waals surface area contributed by atoms with Crippen molar-refractivity contribution in [1.29, 1.82) is 0 Å². The van der Waals surface area contributed by atoms with Gasteiger partial charge in [-0.1, -0.05) is 18.2 Å². The molecule has 0 atom stereocenters. The molecule has 1 saturated heterocycles. The third-order valence-electron chi connectivity index (χ3n) is 5.09. The molecule has 2 aromatic carbocycles. The molecule has 1 aromatic heterocycles. The molecular weight excluding hydrogens is 458 g/mol. The van der Waals surface area contributed by atoms with E-state index in [0.717, 1.165) is 4.90 Å². The van der Waals surface area contributed by atoms with Crippen LogP contribution in [0.1, 0.15) is 16.9 Å². The molecule has 0 saturated carbocycles. The van der Waals surface area contributed by atoms with Gasteiger partial charge < -0.3 is 13.9 Å². The first-order valence-electron chi connectivity index (χ1n) is 10.3. The summed E-state index contributed by atoms with van der Waals surface area (Å²) in [6.45, 7) is -0.0702. The van der Waals surface area contributed by atoms with Gasteiger partial charge in [0.1, 0.15) is 17.9 Å². The molecule has 3 aromatic rings. The molecular formula is C24H19N3O8. The molecule has 4 amide bonds. The molecule has 0 bridgehead atoms. The number of methoxy groups -OCH3 is 1. The fourth-order valence-electron chi connectivity index (χ4n) is 3.38. The topological polar surface area (TPSA) is 141 Å². The van der Waals surface area contributed by atoms with Gasteiger partial charge in [0.25, 0.3) is 17.5 Å². The minimum absolute atomic E-state index is 0.0463. The monoisotopic (exact) mass is 477 g/mol. The van der Waals surface area contributed by atoms with Crippen LogP contribution in [-0.4, -0.2) is 34.8 Å². The molecule has 0 unspecified atom stereocenters. The zero-order chi connectivity index (χ0) is 24.9.